The van der Waals surface area contributed by atoms with Crippen molar-refractivity contribution in [3.05, 3.63) is 6.20 Å². The highest BCUT2D eigenvalue weighted by Crippen LogP contribution is 2.25. The van der Waals surface area contributed by atoms with Crippen LogP contribution in [0.4, 0.5) is 5.00 Å². The third-order valence-electron chi connectivity index (χ3n) is 1.12. The summed E-state index contributed by atoms with van der Waals surface area (Å²) in [6.45, 7) is 2.20. The van der Waals surface area contributed by atoms with Crippen molar-refractivity contribution >= 4 is 34.1 Å². The zero-order chi connectivity index (χ0) is 9.68. The van der Waals surface area contributed by atoms with E-state index in [2.05, 4.69) is 4.98 Å². The molecule has 1 rings (SSSR count). The van der Waals surface area contributed by atoms with Gasteiger partial charge in [0.1, 0.15) is 5.00 Å². The van der Waals surface area contributed by atoms with E-state index in [4.69, 9.17) is 10.5 Å². The number of nitrogen functional groups attached to an aromatic ring is 1. The van der Waals surface area contributed by atoms with Gasteiger partial charge in [0.15, 0.2) is 4.34 Å². The molecule has 0 aromatic carbocycles. The second-order valence-corrected chi connectivity index (χ2v) is 4.41. The van der Waals surface area contributed by atoms with Crippen molar-refractivity contribution in [1.29, 1.82) is 0 Å². The van der Waals surface area contributed by atoms with Crippen LogP contribution in [0, 0.1) is 0 Å². The molecule has 0 aliphatic heterocycles. The van der Waals surface area contributed by atoms with Crippen molar-refractivity contribution in [2.24, 2.45) is 0 Å². The summed E-state index contributed by atoms with van der Waals surface area (Å²) in [5, 5.41) is 0.659. The molecule has 0 unspecified atom stereocenters. The lowest BCUT2D eigenvalue weighted by atomic mass is 10.8. The van der Waals surface area contributed by atoms with Crippen LogP contribution in [-0.2, 0) is 9.53 Å². The van der Waals surface area contributed by atoms with Gasteiger partial charge in [-0.05, 0) is 6.92 Å². The van der Waals surface area contributed by atoms with Crippen LogP contribution in [0.3, 0.4) is 0 Å². The fraction of sp³-hybridized carbons (Fsp3) is 0.429. The number of thiazole rings is 1. The van der Waals surface area contributed by atoms with Crippen LogP contribution in [0.25, 0.3) is 0 Å². The molecule has 6 heteroatoms. The van der Waals surface area contributed by atoms with E-state index in [0.29, 0.717) is 17.4 Å². The zero-order valence-corrected chi connectivity index (χ0v) is 8.78. The Hall–Kier alpha value is -0.750. The van der Waals surface area contributed by atoms with Gasteiger partial charge in [0.25, 0.3) is 0 Å². The largest absolute Gasteiger partial charge is 0.465 e. The summed E-state index contributed by atoms with van der Waals surface area (Å²) in [4.78, 5) is 14.9. The van der Waals surface area contributed by atoms with Gasteiger partial charge in [-0.25, -0.2) is 4.98 Å². The topological polar surface area (TPSA) is 65.2 Å². The number of nitrogens with zero attached hydrogens (tertiary/aromatic N) is 1. The number of nitrogens with two attached hydrogens (primary N) is 1. The molecule has 0 saturated heterocycles. The predicted octanol–water partition coefficient (Wildman–Crippen LogP) is 1.38. The number of hydrogen-bond acceptors (Lipinski definition) is 6. The molecule has 0 aliphatic rings. The van der Waals surface area contributed by atoms with Crippen molar-refractivity contribution in [2.75, 3.05) is 18.1 Å². The molecule has 72 valence electrons. The zero-order valence-electron chi connectivity index (χ0n) is 7.15. The Morgan fingerprint density at radius 1 is 1.85 bits per heavy atom. The number of anilines is 1. The Morgan fingerprint density at radius 3 is 3.15 bits per heavy atom. The van der Waals surface area contributed by atoms with E-state index in [1.165, 1.54) is 23.1 Å². The first kappa shape index (κ1) is 10.3. The van der Waals surface area contributed by atoms with Crippen LogP contribution in [-0.4, -0.2) is 23.3 Å². The van der Waals surface area contributed by atoms with Gasteiger partial charge in [-0.1, -0.05) is 23.1 Å². The van der Waals surface area contributed by atoms with Gasteiger partial charge >= 0.3 is 5.97 Å². The number of rotatable bonds is 4. The molecule has 1 aromatic heterocycles. The molecule has 0 aliphatic carbocycles. The fourth-order valence-electron chi connectivity index (χ4n) is 0.660. The van der Waals surface area contributed by atoms with Gasteiger partial charge in [0.2, 0.25) is 0 Å². The fourth-order valence-corrected chi connectivity index (χ4v) is 2.23. The Kier molecular flexibility index (Phi) is 4.04. The average molecular weight is 218 g/mol. The van der Waals surface area contributed by atoms with Gasteiger partial charge in [-0.2, -0.15) is 0 Å². The number of ether oxygens (including phenoxy) is 1. The molecule has 0 atom stereocenters. The lowest BCUT2D eigenvalue weighted by molar-refractivity contribution is -0.139. The first-order valence-corrected chi connectivity index (χ1v) is 5.52. The summed E-state index contributed by atoms with van der Waals surface area (Å²) in [5.74, 6) is 0.0714. The molecule has 1 aromatic rings. The molecule has 2 N–H and O–H groups in total. The second kappa shape index (κ2) is 5.08. The molecule has 0 bridgehead atoms. The number of hydrogen-bond donors (Lipinski definition) is 1. The lowest BCUT2D eigenvalue weighted by Gasteiger charge is -1.98. The van der Waals surface area contributed by atoms with Crippen LogP contribution < -0.4 is 5.73 Å². The van der Waals surface area contributed by atoms with Gasteiger partial charge in [-0.15, -0.1) is 0 Å². The number of thioether (sulfide) groups is 1. The normalized spacial score (nSPS) is 9.92. The summed E-state index contributed by atoms with van der Waals surface area (Å²) in [6, 6.07) is 0. The van der Waals surface area contributed by atoms with Crippen LogP contribution >= 0.6 is 23.1 Å². The van der Waals surface area contributed by atoms with E-state index in [1.807, 2.05) is 0 Å². The van der Waals surface area contributed by atoms with Crippen molar-refractivity contribution in [1.82, 2.24) is 4.98 Å². The Balaban J connectivity index is 2.30. The first-order valence-electron chi connectivity index (χ1n) is 3.72. The maximum Gasteiger partial charge on any atom is 0.316 e. The minimum absolute atomic E-state index is 0.221. The number of aromatic nitrogens is 1. The molecular formula is C7H10N2O2S2. The average Bonchev–Trinajstić information content (AvgIpc) is 2.49. The van der Waals surface area contributed by atoms with Crippen LogP contribution in [0.15, 0.2) is 10.5 Å². The monoisotopic (exact) mass is 218 g/mol. The molecule has 1 heterocycles. The summed E-state index contributed by atoms with van der Waals surface area (Å²) in [6.07, 6.45) is 1.58. The standard InChI is InChI=1S/C7H10N2O2S2/c1-2-11-6(10)4-12-7-9-3-5(8)13-7/h3H,2,4,8H2,1H3. The van der Waals surface area contributed by atoms with Gasteiger partial charge < -0.3 is 10.5 Å². The van der Waals surface area contributed by atoms with Crippen LogP contribution in [0.2, 0.25) is 0 Å². The number of carbonyl (C=O) groups excluding carboxylic acids is 1. The Bertz CT molecular complexity index is 288. The predicted molar refractivity (Wildman–Crippen MR) is 53.9 cm³/mol. The van der Waals surface area contributed by atoms with Crippen molar-refractivity contribution in [3.8, 4) is 0 Å². The molecule has 0 radical (unpaired) electrons. The maximum absolute atomic E-state index is 10.9. The van der Waals surface area contributed by atoms with Gasteiger partial charge in [0, 0.05) is 0 Å². The van der Waals surface area contributed by atoms with Crippen molar-refractivity contribution in [3.63, 3.8) is 0 Å². The SMILES string of the molecule is CCOC(=O)CSc1ncc(N)s1. The molecule has 0 amide bonds. The molecular weight excluding hydrogens is 208 g/mol. The van der Waals surface area contributed by atoms with Gasteiger partial charge in [-0.3, -0.25) is 4.79 Å². The highest BCUT2D eigenvalue weighted by molar-refractivity contribution is 8.01. The second-order valence-electron chi connectivity index (χ2n) is 2.12. The Morgan fingerprint density at radius 2 is 2.62 bits per heavy atom. The molecule has 0 saturated carbocycles. The molecule has 13 heavy (non-hydrogen) atoms. The summed E-state index contributed by atoms with van der Waals surface area (Å²) in [5.41, 5.74) is 5.47. The van der Waals surface area contributed by atoms with E-state index in [1.54, 1.807) is 13.1 Å². The van der Waals surface area contributed by atoms with E-state index in [0.717, 1.165) is 4.34 Å². The van der Waals surface area contributed by atoms with E-state index >= 15 is 0 Å². The number of esters is 1. The highest BCUT2D eigenvalue weighted by atomic mass is 32.2. The third-order valence-corrected chi connectivity index (χ3v) is 3.08. The molecule has 0 fully saturated rings. The third kappa shape index (κ3) is 3.65. The van der Waals surface area contributed by atoms with E-state index < -0.39 is 0 Å². The maximum atomic E-state index is 10.9. The van der Waals surface area contributed by atoms with Crippen molar-refractivity contribution in [2.45, 2.75) is 11.3 Å². The van der Waals surface area contributed by atoms with Crippen molar-refractivity contribution < 1.29 is 9.53 Å². The number of carbonyl (C=O) groups is 1. The molecule has 0 spiro atoms. The Labute approximate surface area is 84.5 Å². The lowest BCUT2D eigenvalue weighted by Crippen LogP contribution is -2.06. The smallest absolute Gasteiger partial charge is 0.316 e. The van der Waals surface area contributed by atoms with Gasteiger partial charge in [0.05, 0.1) is 18.6 Å². The molecule has 4 nitrogen and oxygen atoms in total. The van der Waals surface area contributed by atoms with Crippen LogP contribution in [0.1, 0.15) is 6.92 Å². The highest BCUT2D eigenvalue weighted by Gasteiger charge is 2.05. The minimum Gasteiger partial charge on any atom is -0.465 e. The van der Waals surface area contributed by atoms with Crippen LogP contribution in [0.5, 0.6) is 0 Å². The summed E-state index contributed by atoms with van der Waals surface area (Å²) in [7, 11) is 0. The van der Waals surface area contributed by atoms with E-state index in [9.17, 15) is 4.79 Å². The quantitative estimate of drug-likeness (QED) is 0.611. The summed E-state index contributed by atoms with van der Waals surface area (Å²) < 4.78 is 5.55. The first-order chi connectivity index (χ1) is 6.22. The van der Waals surface area contributed by atoms with E-state index in [-0.39, 0.29) is 5.97 Å². The summed E-state index contributed by atoms with van der Waals surface area (Å²) >= 11 is 2.71. The minimum atomic E-state index is -0.221.